The van der Waals surface area contributed by atoms with Gasteiger partial charge in [0.25, 0.3) is 0 Å². The van der Waals surface area contributed by atoms with Crippen molar-refractivity contribution in [2.75, 3.05) is 0 Å². The third kappa shape index (κ3) is 4.91. The first-order valence-corrected chi connectivity index (χ1v) is 19.0. The van der Waals surface area contributed by atoms with Crippen LogP contribution in [-0.4, -0.2) is 0 Å². The van der Waals surface area contributed by atoms with Gasteiger partial charge in [0, 0.05) is 11.8 Å². The van der Waals surface area contributed by atoms with Crippen molar-refractivity contribution in [3.63, 3.8) is 0 Å². The minimum Gasteiger partial charge on any atom is -0.0622 e. The van der Waals surface area contributed by atoms with Gasteiger partial charge >= 0.3 is 0 Å². The number of hydrogen-bond acceptors (Lipinski definition) is 0. The summed E-state index contributed by atoms with van der Waals surface area (Å²) in [6, 6.07) is 76.7. The molecule has 2 unspecified atom stereocenters. The van der Waals surface area contributed by atoms with Gasteiger partial charge < -0.3 is 0 Å². The summed E-state index contributed by atoms with van der Waals surface area (Å²) in [6.07, 6.45) is 0. The van der Waals surface area contributed by atoms with E-state index in [0.29, 0.717) is 0 Å². The second kappa shape index (κ2) is 12.4. The van der Waals surface area contributed by atoms with Crippen molar-refractivity contribution in [3.8, 4) is 55.6 Å². The first-order chi connectivity index (χ1) is 26.8. The summed E-state index contributed by atoms with van der Waals surface area (Å²) in [4.78, 5) is 0. The summed E-state index contributed by atoms with van der Waals surface area (Å²) in [5.74, 6) is 0.291. The Morgan fingerprint density at radius 3 is 1.33 bits per heavy atom. The van der Waals surface area contributed by atoms with Gasteiger partial charge in [-0.2, -0.15) is 0 Å². The van der Waals surface area contributed by atoms with Crippen LogP contribution in [0.2, 0.25) is 0 Å². The minimum atomic E-state index is 0.112. The molecular formula is C54H36. The van der Waals surface area contributed by atoms with Gasteiger partial charge in [-0.1, -0.05) is 194 Å². The van der Waals surface area contributed by atoms with Crippen molar-refractivity contribution < 1.29 is 0 Å². The number of fused-ring (bicyclic) bond motifs is 8. The van der Waals surface area contributed by atoms with E-state index in [1.165, 1.54) is 99.8 Å². The monoisotopic (exact) mass is 684 g/mol. The second-order valence-electron chi connectivity index (χ2n) is 14.8. The summed E-state index contributed by atoms with van der Waals surface area (Å²) < 4.78 is 0. The summed E-state index contributed by atoms with van der Waals surface area (Å²) in [7, 11) is 0. The van der Waals surface area contributed by atoms with Gasteiger partial charge in [-0.3, -0.25) is 0 Å². The quantitative estimate of drug-likeness (QED) is 0.169. The maximum atomic E-state index is 2.45. The predicted molar refractivity (Wildman–Crippen MR) is 226 cm³/mol. The first kappa shape index (κ1) is 30.8. The van der Waals surface area contributed by atoms with Crippen molar-refractivity contribution in [1.82, 2.24) is 0 Å². The van der Waals surface area contributed by atoms with Gasteiger partial charge in [-0.25, -0.2) is 0 Å². The van der Waals surface area contributed by atoms with Crippen molar-refractivity contribution in [2.45, 2.75) is 11.8 Å². The largest absolute Gasteiger partial charge is 0.0622 e. The van der Waals surface area contributed by atoms with Crippen molar-refractivity contribution in [3.05, 3.63) is 240 Å². The maximum absolute atomic E-state index is 2.45. The molecule has 9 aromatic rings. The van der Waals surface area contributed by atoms with E-state index in [9.17, 15) is 0 Å². The highest BCUT2D eigenvalue weighted by molar-refractivity contribution is 5.98. The van der Waals surface area contributed by atoms with E-state index >= 15 is 0 Å². The molecule has 2 aliphatic carbocycles. The average Bonchev–Trinajstić information content (AvgIpc) is 3.77. The summed E-state index contributed by atoms with van der Waals surface area (Å²) >= 11 is 0. The minimum absolute atomic E-state index is 0.112. The standard InChI is InChI=1S/C54H36/c1-3-13-35(14-4-1)38-23-26-39(27-24-38)51-45-19-9-11-21-47(45)53-49(51)29-30-50-52(46-20-10-12-22-48(46)54(50)53)44-33-42(36-15-5-2-6-16-36)32-43(34-44)41-28-25-37-17-7-8-18-40(37)31-41/h1-34,51-52H. The Kier molecular flexibility index (Phi) is 7.10. The highest BCUT2D eigenvalue weighted by Gasteiger charge is 2.38. The molecule has 252 valence electrons. The smallest absolute Gasteiger partial charge is 0.0352 e. The highest BCUT2D eigenvalue weighted by atomic mass is 14.4. The number of hydrogen-bond donors (Lipinski definition) is 0. The molecule has 0 bridgehead atoms. The third-order valence-electron chi connectivity index (χ3n) is 11.8. The van der Waals surface area contributed by atoms with Crippen LogP contribution >= 0.6 is 0 Å². The van der Waals surface area contributed by atoms with Crippen LogP contribution in [0.4, 0.5) is 0 Å². The second-order valence-corrected chi connectivity index (χ2v) is 14.8. The highest BCUT2D eigenvalue weighted by Crippen LogP contribution is 2.58. The van der Waals surface area contributed by atoms with Gasteiger partial charge in [0.15, 0.2) is 0 Å². The molecule has 9 aromatic carbocycles. The van der Waals surface area contributed by atoms with Crippen LogP contribution in [0.1, 0.15) is 45.2 Å². The fourth-order valence-electron chi connectivity index (χ4n) is 9.35. The Labute approximate surface area is 316 Å². The lowest BCUT2D eigenvalue weighted by Crippen LogP contribution is -2.02. The molecule has 0 heteroatoms. The molecule has 0 heterocycles. The van der Waals surface area contributed by atoms with E-state index in [1.54, 1.807) is 0 Å². The molecule has 0 aliphatic heterocycles. The Bertz CT molecular complexity index is 2860. The zero-order chi connectivity index (χ0) is 35.6. The van der Waals surface area contributed by atoms with Crippen LogP contribution in [0.5, 0.6) is 0 Å². The predicted octanol–water partition coefficient (Wildman–Crippen LogP) is 14.2. The molecule has 54 heavy (non-hydrogen) atoms. The van der Waals surface area contributed by atoms with Gasteiger partial charge in [0.2, 0.25) is 0 Å². The molecule has 0 saturated heterocycles. The maximum Gasteiger partial charge on any atom is 0.0352 e. The van der Waals surface area contributed by atoms with Crippen LogP contribution in [0.15, 0.2) is 206 Å². The van der Waals surface area contributed by atoms with Gasteiger partial charge in [-0.05, 0) is 112 Å². The zero-order valence-electron chi connectivity index (χ0n) is 29.8. The van der Waals surface area contributed by atoms with E-state index in [2.05, 4.69) is 206 Å². The lowest BCUT2D eigenvalue weighted by atomic mass is 9.83. The molecule has 0 spiro atoms. The van der Waals surface area contributed by atoms with Crippen LogP contribution < -0.4 is 0 Å². The summed E-state index contributed by atoms with van der Waals surface area (Å²) in [6.45, 7) is 0. The molecule has 0 amide bonds. The molecule has 0 aromatic heterocycles. The third-order valence-corrected chi connectivity index (χ3v) is 11.8. The molecule has 0 N–H and O–H groups in total. The summed E-state index contributed by atoms with van der Waals surface area (Å²) in [5, 5.41) is 2.52. The molecule has 2 aliphatic rings. The van der Waals surface area contributed by atoms with E-state index in [0.717, 1.165) is 0 Å². The molecule has 0 saturated carbocycles. The van der Waals surface area contributed by atoms with Crippen molar-refractivity contribution >= 4 is 10.8 Å². The van der Waals surface area contributed by atoms with Gasteiger partial charge in [0.1, 0.15) is 0 Å². The lowest BCUT2D eigenvalue weighted by molar-refractivity contribution is 0.998. The first-order valence-electron chi connectivity index (χ1n) is 19.0. The van der Waals surface area contributed by atoms with Crippen molar-refractivity contribution in [1.29, 1.82) is 0 Å². The number of benzene rings is 9. The molecule has 11 rings (SSSR count). The van der Waals surface area contributed by atoms with E-state index in [4.69, 9.17) is 0 Å². The SMILES string of the molecule is c1ccc(-c2ccc(C3c4ccccc4-c4c3ccc3c4-c4ccccc4C3c3cc(-c4ccccc4)cc(-c4ccc5ccccc5c4)c3)cc2)cc1. The van der Waals surface area contributed by atoms with E-state index in [1.807, 2.05) is 0 Å². The van der Waals surface area contributed by atoms with Crippen LogP contribution in [-0.2, 0) is 0 Å². The van der Waals surface area contributed by atoms with Gasteiger partial charge in [0.05, 0.1) is 0 Å². The molecule has 0 fully saturated rings. The molecule has 2 atom stereocenters. The van der Waals surface area contributed by atoms with Crippen molar-refractivity contribution in [2.24, 2.45) is 0 Å². The van der Waals surface area contributed by atoms with E-state index < -0.39 is 0 Å². The fourth-order valence-corrected chi connectivity index (χ4v) is 9.35. The fraction of sp³-hybridized carbons (Fsp3) is 0.0370. The number of rotatable bonds is 5. The van der Waals surface area contributed by atoms with Crippen LogP contribution in [0, 0.1) is 0 Å². The molecule has 0 nitrogen and oxygen atoms in total. The average molecular weight is 685 g/mol. The molecular weight excluding hydrogens is 649 g/mol. The summed E-state index contributed by atoms with van der Waals surface area (Å²) in [5.41, 5.74) is 21.1. The van der Waals surface area contributed by atoms with Gasteiger partial charge in [-0.15, -0.1) is 0 Å². The Hall–Kier alpha value is -6.76. The Morgan fingerprint density at radius 1 is 0.241 bits per heavy atom. The van der Waals surface area contributed by atoms with Crippen LogP contribution in [0.25, 0.3) is 66.4 Å². The lowest BCUT2D eigenvalue weighted by Gasteiger charge is -2.19. The van der Waals surface area contributed by atoms with Crippen LogP contribution in [0.3, 0.4) is 0 Å². The van der Waals surface area contributed by atoms with E-state index in [-0.39, 0.29) is 11.8 Å². The topological polar surface area (TPSA) is 0 Å². The normalized spacial score (nSPS) is 15.0. The Morgan fingerprint density at radius 2 is 0.704 bits per heavy atom. The zero-order valence-corrected chi connectivity index (χ0v) is 29.8. The Balaban J connectivity index is 1.10. The molecule has 0 radical (unpaired) electrons.